The molecule has 0 aliphatic rings. The van der Waals surface area contributed by atoms with Crippen LogP contribution in [0.15, 0.2) is 24.3 Å². The smallest absolute Gasteiger partial charge is 0.305 e. The molecule has 6 heteroatoms. The Kier molecular flexibility index (Phi) is 5.17. The van der Waals surface area contributed by atoms with Crippen LogP contribution >= 0.6 is 0 Å². The Morgan fingerprint density at radius 3 is 2.58 bits per heavy atom. The van der Waals surface area contributed by atoms with Crippen LogP contribution in [0, 0.1) is 6.92 Å². The zero-order chi connectivity index (χ0) is 14.4. The number of carbonyl (C=O) groups excluding carboxylic acids is 2. The van der Waals surface area contributed by atoms with Crippen LogP contribution in [0.2, 0.25) is 0 Å². The lowest BCUT2D eigenvalue weighted by Gasteiger charge is -2.14. The number of carboxylic acids is 1. The first-order chi connectivity index (χ1) is 8.93. The minimum atomic E-state index is -1.35. The highest BCUT2D eigenvalue weighted by Crippen LogP contribution is 2.05. The SMILES string of the molecule is Cc1cccc(C(=O)NC(CC(=O)O)C(=O)CF)c1. The number of aryl methyl sites for hydroxylation is 1. The number of halogens is 1. The van der Waals surface area contributed by atoms with Gasteiger partial charge in [-0.25, -0.2) is 4.39 Å². The van der Waals surface area contributed by atoms with Gasteiger partial charge in [-0.1, -0.05) is 17.7 Å². The molecule has 0 saturated carbocycles. The number of aliphatic carboxylic acids is 1. The van der Waals surface area contributed by atoms with Crippen molar-refractivity contribution in [2.75, 3.05) is 6.67 Å². The van der Waals surface area contributed by atoms with Crippen molar-refractivity contribution in [3.05, 3.63) is 35.4 Å². The van der Waals surface area contributed by atoms with E-state index in [0.29, 0.717) is 5.56 Å². The zero-order valence-corrected chi connectivity index (χ0v) is 10.4. The minimum Gasteiger partial charge on any atom is -0.481 e. The molecule has 1 amide bonds. The summed E-state index contributed by atoms with van der Waals surface area (Å²) in [5, 5.41) is 10.9. The van der Waals surface area contributed by atoms with Crippen molar-refractivity contribution in [3.8, 4) is 0 Å². The molecule has 2 N–H and O–H groups in total. The molecule has 0 aliphatic heterocycles. The fourth-order valence-electron chi connectivity index (χ4n) is 1.54. The largest absolute Gasteiger partial charge is 0.481 e. The van der Waals surface area contributed by atoms with Crippen molar-refractivity contribution in [1.82, 2.24) is 5.32 Å². The highest BCUT2D eigenvalue weighted by atomic mass is 19.1. The van der Waals surface area contributed by atoms with Gasteiger partial charge >= 0.3 is 5.97 Å². The third-order valence-corrected chi connectivity index (χ3v) is 2.48. The van der Waals surface area contributed by atoms with Crippen LogP contribution < -0.4 is 5.32 Å². The summed E-state index contributed by atoms with van der Waals surface area (Å²) in [6.07, 6.45) is -0.639. The second-order valence-corrected chi connectivity index (χ2v) is 4.09. The molecule has 0 aliphatic carbocycles. The summed E-state index contributed by atoms with van der Waals surface area (Å²) in [5.41, 5.74) is 1.14. The zero-order valence-electron chi connectivity index (χ0n) is 10.4. The molecule has 1 unspecified atom stereocenters. The number of alkyl halides is 1. The average Bonchev–Trinajstić information content (AvgIpc) is 2.36. The van der Waals surface area contributed by atoms with Gasteiger partial charge in [0.05, 0.1) is 6.42 Å². The Morgan fingerprint density at radius 1 is 1.37 bits per heavy atom. The topological polar surface area (TPSA) is 83.5 Å². The van der Waals surface area contributed by atoms with E-state index in [1.54, 1.807) is 25.1 Å². The van der Waals surface area contributed by atoms with Crippen molar-refractivity contribution < 1.29 is 23.9 Å². The van der Waals surface area contributed by atoms with Gasteiger partial charge in [0.2, 0.25) is 0 Å². The lowest BCUT2D eigenvalue weighted by atomic mass is 10.1. The van der Waals surface area contributed by atoms with E-state index < -0.39 is 36.8 Å². The summed E-state index contributed by atoms with van der Waals surface area (Å²) in [7, 11) is 0. The molecule has 0 spiro atoms. The van der Waals surface area contributed by atoms with Crippen LogP contribution in [0.1, 0.15) is 22.3 Å². The molecule has 0 radical (unpaired) electrons. The van der Waals surface area contributed by atoms with E-state index in [2.05, 4.69) is 5.32 Å². The van der Waals surface area contributed by atoms with Crippen molar-refractivity contribution in [2.24, 2.45) is 0 Å². The number of nitrogens with one attached hydrogen (secondary N) is 1. The van der Waals surface area contributed by atoms with Gasteiger partial charge in [0.25, 0.3) is 5.91 Å². The molecule has 1 aromatic carbocycles. The monoisotopic (exact) mass is 267 g/mol. The van der Waals surface area contributed by atoms with Crippen molar-refractivity contribution in [3.63, 3.8) is 0 Å². The lowest BCUT2D eigenvalue weighted by Crippen LogP contribution is -2.43. The highest BCUT2D eigenvalue weighted by Gasteiger charge is 2.23. The lowest BCUT2D eigenvalue weighted by molar-refractivity contribution is -0.139. The molecule has 0 bridgehead atoms. The molecular formula is C13H14FNO4. The standard InChI is InChI=1S/C13H14FNO4/c1-8-3-2-4-9(5-8)13(19)15-10(6-12(17)18)11(16)7-14/h2-5,10H,6-7H2,1H3,(H,15,19)(H,17,18). The fourth-order valence-corrected chi connectivity index (χ4v) is 1.54. The Labute approximate surface area is 109 Å². The fraction of sp³-hybridized carbons (Fsp3) is 0.308. The van der Waals surface area contributed by atoms with E-state index in [-0.39, 0.29) is 0 Å². The van der Waals surface area contributed by atoms with Crippen LogP contribution in [0.5, 0.6) is 0 Å². The van der Waals surface area contributed by atoms with Crippen LogP contribution in [0.25, 0.3) is 0 Å². The van der Waals surface area contributed by atoms with Gasteiger partial charge in [0.1, 0.15) is 12.7 Å². The average molecular weight is 267 g/mol. The summed E-state index contributed by atoms with van der Waals surface area (Å²) < 4.78 is 12.3. The maximum atomic E-state index is 12.3. The Morgan fingerprint density at radius 2 is 2.05 bits per heavy atom. The maximum Gasteiger partial charge on any atom is 0.305 e. The first kappa shape index (κ1) is 14.8. The number of hydrogen-bond acceptors (Lipinski definition) is 3. The number of rotatable bonds is 6. The Bertz CT molecular complexity index is 501. The molecule has 0 heterocycles. The van der Waals surface area contributed by atoms with E-state index in [9.17, 15) is 18.8 Å². The van der Waals surface area contributed by atoms with Gasteiger partial charge < -0.3 is 10.4 Å². The molecule has 1 rings (SSSR count). The summed E-state index contributed by atoms with van der Waals surface area (Å²) in [5.74, 6) is -2.84. The quantitative estimate of drug-likeness (QED) is 0.808. The second-order valence-electron chi connectivity index (χ2n) is 4.09. The van der Waals surface area contributed by atoms with Gasteiger partial charge in [-0.2, -0.15) is 0 Å². The predicted molar refractivity (Wildman–Crippen MR) is 65.7 cm³/mol. The normalized spacial score (nSPS) is 11.7. The van der Waals surface area contributed by atoms with E-state index in [0.717, 1.165) is 5.56 Å². The third kappa shape index (κ3) is 4.50. The summed E-state index contributed by atoms with van der Waals surface area (Å²) in [4.78, 5) is 33.6. The molecule has 1 aromatic rings. The third-order valence-electron chi connectivity index (χ3n) is 2.48. The van der Waals surface area contributed by atoms with Gasteiger partial charge in [-0.3, -0.25) is 14.4 Å². The molecular weight excluding hydrogens is 253 g/mol. The summed E-state index contributed by atoms with van der Waals surface area (Å²) in [6, 6.07) is 5.22. The number of hydrogen-bond donors (Lipinski definition) is 2. The van der Waals surface area contributed by atoms with Crippen LogP contribution in [0.3, 0.4) is 0 Å². The molecule has 102 valence electrons. The molecule has 19 heavy (non-hydrogen) atoms. The number of Topliss-reactive ketones (excluding diaryl/α,β-unsaturated/α-hetero) is 1. The molecule has 0 saturated heterocycles. The first-order valence-corrected chi connectivity index (χ1v) is 5.62. The Hall–Kier alpha value is -2.24. The van der Waals surface area contributed by atoms with Crippen molar-refractivity contribution >= 4 is 17.7 Å². The maximum absolute atomic E-state index is 12.3. The second kappa shape index (κ2) is 6.63. The first-order valence-electron chi connectivity index (χ1n) is 5.62. The van der Waals surface area contributed by atoms with Gasteiger partial charge in [-0.05, 0) is 19.1 Å². The highest BCUT2D eigenvalue weighted by molar-refractivity contribution is 5.99. The van der Waals surface area contributed by atoms with Gasteiger partial charge in [0.15, 0.2) is 5.78 Å². The molecule has 0 aromatic heterocycles. The van der Waals surface area contributed by atoms with E-state index in [4.69, 9.17) is 5.11 Å². The van der Waals surface area contributed by atoms with Crippen molar-refractivity contribution in [1.29, 1.82) is 0 Å². The predicted octanol–water partition coefficient (Wildman–Crippen LogP) is 1.11. The van der Waals surface area contributed by atoms with E-state index >= 15 is 0 Å². The number of benzene rings is 1. The number of ketones is 1. The molecule has 0 fully saturated rings. The van der Waals surface area contributed by atoms with Gasteiger partial charge in [-0.15, -0.1) is 0 Å². The summed E-state index contributed by atoms with van der Waals surface area (Å²) >= 11 is 0. The van der Waals surface area contributed by atoms with Crippen LogP contribution in [-0.2, 0) is 9.59 Å². The van der Waals surface area contributed by atoms with Crippen LogP contribution in [0.4, 0.5) is 4.39 Å². The Balaban J connectivity index is 2.81. The molecule has 5 nitrogen and oxygen atoms in total. The van der Waals surface area contributed by atoms with Gasteiger partial charge in [0, 0.05) is 5.56 Å². The van der Waals surface area contributed by atoms with E-state index in [1.165, 1.54) is 6.07 Å². The number of carbonyl (C=O) groups is 3. The minimum absolute atomic E-state index is 0.294. The molecule has 1 atom stereocenters. The van der Waals surface area contributed by atoms with Crippen LogP contribution in [-0.4, -0.2) is 35.5 Å². The number of carboxylic acid groups (broad SMARTS) is 1. The van der Waals surface area contributed by atoms with Crippen molar-refractivity contribution in [2.45, 2.75) is 19.4 Å². The summed E-state index contributed by atoms with van der Waals surface area (Å²) in [6.45, 7) is 0.476. The number of amides is 1. The van der Waals surface area contributed by atoms with E-state index in [1.807, 2.05) is 0 Å².